The molecule has 0 amide bonds. The standard InChI is InChI=1S/C53H60O3P2/c1-35(2)54-39-21-19-27-43(33-39)57(41-23-15-13-16-24-41)47-31-37(51(5,6)7)29-45-49(47)56-50-46(53(45,11)12)30-38(52(8,9)10)32-48(50)58(42-25-17-14-18-26-42)44-28-20-22-40(34-44)55-36(3)4/h13-36H,1-12H3/t57-,58-/m0/s1. The van der Waals surface area contributed by atoms with E-state index in [0.29, 0.717) is 0 Å². The molecule has 6 aromatic carbocycles. The van der Waals surface area contributed by atoms with E-state index in [4.69, 9.17) is 14.2 Å². The molecule has 0 N–H and O–H groups in total. The molecule has 0 saturated carbocycles. The molecule has 6 aromatic rings. The molecule has 58 heavy (non-hydrogen) atoms. The largest absolute Gasteiger partial charge is 0.491 e. The lowest BCUT2D eigenvalue weighted by Crippen LogP contribution is -2.35. The molecule has 1 aliphatic rings. The van der Waals surface area contributed by atoms with Crippen molar-refractivity contribution in [2.45, 2.75) is 112 Å². The van der Waals surface area contributed by atoms with E-state index in [1.807, 2.05) is 0 Å². The van der Waals surface area contributed by atoms with Crippen molar-refractivity contribution >= 4 is 47.7 Å². The average Bonchev–Trinajstić information content (AvgIpc) is 3.15. The summed E-state index contributed by atoms with van der Waals surface area (Å²) in [6.07, 6.45) is 0.147. The first kappa shape index (κ1) is 41.7. The molecule has 0 saturated heterocycles. The molecule has 3 nitrogen and oxygen atoms in total. The Morgan fingerprint density at radius 3 is 1.17 bits per heavy atom. The Hall–Kier alpha value is -4.42. The zero-order valence-electron chi connectivity index (χ0n) is 36.5. The number of fused-ring (bicyclic) bond motifs is 2. The lowest BCUT2D eigenvalue weighted by atomic mass is 9.72. The fourth-order valence-corrected chi connectivity index (χ4v) is 12.7. The van der Waals surface area contributed by atoms with Gasteiger partial charge in [-0.15, -0.1) is 0 Å². The topological polar surface area (TPSA) is 27.7 Å². The number of benzene rings is 6. The van der Waals surface area contributed by atoms with Gasteiger partial charge in [-0.25, -0.2) is 0 Å². The van der Waals surface area contributed by atoms with Gasteiger partial charge < -0.3 is 14.2 Å². The van der Waals surface area contributed by atoms with Crippen LogP contribution in [0.4, 0.5) is 0 Å². The number of hydrogen-bond donors (Lipinski definition) is 0. The monoisotopic (exact) mass is 806 g/mol. The predicted octanol–water partition coefficient (Wildman–Crippen LogP) is 11.8. The molecule has 5 heteroatoms. The summed E-state index contributed by atoms with van der Waals surface area (Å²) in [5.74, 6) is 3.72. The second-order valence-corrected chi connectivity index (χ2v) is 23.0. The molecule has 0 bridgehead atoms. The van der Waals surface area contributed by atoms with Gasteiger partial charge >= 0.3 is 0 Å². The summed E-state index contributed by atoms with van der Waals surface area (Å²) in [6, 6.07) is 49.2. The van der Waals surface area contributed by atoms with Crippen molar-refractivity contribution in [1.29, 1.82) is 0 Å². The molecule has 0 aromatic heterocycles. The van der Waals surface area contributed by atoms with Crippen LogP contribution < -0.4 is 46.0 Å². The Morgan fingerprint density at radius 1 is 0.466 bits per heavy atom. The highest BCUT2D eigenvalue weighted by atomic mass is 31.1. The third kappa shape index (κ3) is 8.64. The van der Waals surface area contributed by atoms with E-state index in [0.717, 1.165) is 23.0 Å². The highest BCUT2D eigenvalue weighted by molar-refractivity contribution is 7.80. The van der Waals surface area contributed by atoms with Gasteiger partial charge in [0.15, 0.2) is 0 Å². The first-order valence-corrected chi connectivity index (χ1v) is 23.4. The van der Waals surface area contributed by atoms with E-state index in [9.17, 15) is 0 Å². The van der Waals surface area contributed by atoms with Crippen LogP contribution in [0.5, 0.6) is 23.0 Å². The van der Waals surface area contributed by atoms with Crippen LogP contribution in [0.2, 0.25) is 0 Å². The summed E-state index contributed by atoms with van der Waals surface area (Å²) >= 11 is 0. The van der Waals surface area contributed by atoms with E-state index in [2.05, 4.69) is 217 Å². The molecule has 1 aliphatic heterocycles. The van der Waals surface area contributed by atoms with Crippen LogP contribution in [-0.4, -0.2) is 12.2 Å². The van der Waals surface area contributed by atoms with E-state index in [1.54, 1.807) is 0 Å². The maximum Gasteiger partial charge on any atom is 0.139 e. The molecule has 300 valence electrons. The Morgan fingerprint density at radius 2 is 0.828 bits per heavy atom. The predicted molar refractivity (Wildman–Crippen MR) is 251 cm³/mol. The van der Waals surface area contributed by atoms with Crippen LogP contribution in [0.15, 0.2) is 133 Å². The molecule has 0 radical (unpaired) electrons. The van der Waals surface area contributed by atoms with Gasteiger partial charge in [-0.05, 0) is 123 Å². The smallest absolute Gasteiger partial charge is 0.139 e. The van der Waals surface area contributed by atoms with E-state index in [1.165, 1.54) is 54.1 Å². The Kier molecular flexibility index (Phi) is 11.7. The second kappa shape index (κ2) is 16.3. The molecule has 7 rings (SSSR count). The fraction of sp³-hybridized carbons (Fsp3) is 0.321. The maximum atomic E-state index is 7.72. The Bertz CT molecular complexity index is 2220. The van der Waals surface area contributed by atoms with Crippen LogP contribution in [-0.2, 0) is 16.2 Å². The highest BCUT2D eigenvalue weighted by Crippen LogP contribution is 2.54. The minimum Gasteiger partial charge on any atom is -0.491 e. The van der Waals surface area contributed by atoms with Crippen molar-refractivity contribution in [2.24, 2.45) is 0 Å². The van der Waals surface area contributed by atoms with E-state index < -0.39 is 15.8 Å². The maximum absolute atomic E-state index is 7.72. The summed E-state index contributed by atoms with van der Waals surface area (Å²) in [4.78, 5) is 0. The SMILES string of the molecule is CC(C)Oc1cccc([P@](c2ccccc2)c2cc(C(C)(C)C)cc3c2Oc2c([P@@](c4ccccc4)c4cccc(OC(C)C)c4)cc(C(C)(C)C)cc2C3(C)C)c1. The molecular weight excluding hydrogens is 747 g/mol. The fourth-order valence-electron chi connectivity index (χ4n) is 7.76. The Labute approximate surface area is 350 Å². The first-order valence-electron chi connectivity index (χ1n) is 20.7. The Balaban J connectivity index is 1.55. The summed E-state index contributed by atoms with van der Waals surface area (Å²) in [5, 5.41) is 7.47. The quantitative estimate of drug-likeness (QED) is 0.129. The van der Waals surface area contributed by atoms with Crippen molar-refractivity contribution in [3.8, 4) is 23.0 Å². The van der Waals surface area contributed by atoms with Crippen LogP contribution in [0, 0.1) is 0 Å². The van der Waals surface area contributed by atoms with Gasteiger partial charge in [-0.2, -0.15) is 0 Å². The molecule has 0 unspecified atom stereocenters. The van der Waals surface area contributed by atoms with Crippen molar-refractivity contribution in [2.75, 3.05) is 0 Å². The van der Waals surface area contributed by atoms with Crippen LogP contribution >= 0.6 is 15.8 Å². The van der Waals surface area contributed by atoms with Gasteiger partial charge in [0, 0.05) is 27.2 Å². The zero-order valence-corrected chi connectivity index (χ0v) is 38.3. The van der Waals surface area contributed by atoms with E-state index >= 15 is 0 Å². The van der Waals surface area contributed by atoms with Gasteiger partial charge in [0.2, 0.25) is 0 Å². The zero-order chi connectivity index (χ0) is 41.6. The first-order chi connectivity index (χ1) is 27.4. The average molecular weight is 807 g/mol. The van der Waals surface area contributed by atoms with Crippen molar-refractivity contribution < 1.29 is 14.2 Å². The van der Waals surface area contributed by atoms with Gasteiger partial charge in [-0.1, -0.05) is 152 Å². The second-order valence-electron chi connectivity index (χ2n) is 18.6. The molecule has 0 spiro atoms. The normalized spacial score (nSPS) is 14.7. The molecular formula is C53H60O3P2. The summed E-state index contributed by atoms with van der Waals surface area (Å²) in [6.45, 7) is 27.1. The molecule has 1 heterocycles. The van der Waals surface area contributed by atoms with E-state index in [-0.39, 0.29) is 28.5 Å². The van der Waals surface area contributed by atoms with Crippen LogP contribution in [0.1, 0.15) is 105 Å². The lowest BCUT2D eigenvalue weighted by Gasteiger charge is -2.41. The van der Waals surface area contributed by atoms with Crippen molar-refractivity contribution in [3.05, 3.63) is 156 Å². The molecule has 0 aliphatic carbocycles. The summed E-state index contributed by atoms with van der Waals surface area (Å²) in [5.41, 5.74) is 4.51. The van der Waals surface area contributed by atoms with Gasteiger partial charge in [0.25, 0.3) is 0 Å². The van der Waals surface area contributed by atoms with Gasteiger partial charge in [0.05, 0.1) is 12.2 Å². The minimum absolute atomic E-state index is 0.0735. The molecule has 0 fully saturated rings. The third-order valence-corrected chi connectivity index (χ3v) is 15.7. The number of hydrogen-bond acceptors (Lipinski definition) is 3. The van der Waals surface area contributed by atoms with Crippen molar-refractivity contribution in [1.82, 2.24) is 0 Å². The summed E-state index contributed by atoms with van der Waals surface area (Å²) in [7, 11) is -2.12. The van der Waals surface area contributed by atoms with Crippen LogP contribution in [0.3, 0.4) is 0 Å². The van der Waals surface area contributed by atoms with Gasteiger partial charge in [-0.3, -0.25) is 0 Å². The van der Waals surface area contributed by atoms with Crippen LogP contribution in [0.25, 0.3) is 0 Å². The number of rotatable bonds is 10. The van der Waals surface area contributed by atoms with Gasteiger partial charge in [0.1, 0.15) is 23.0 Å². The summed E-state index contributed by atoms with van der Waals surface area (Å²) < 4.78 is 20.3. The molecule has 2 atom stereocenters. The third-order valence-electron chi connectivity index (χ3n) is 10.8. The minimum atomic E-state index is -1.06. The number of ether oxygens (including phenoxy) is 3. The van der Waals surface area contributed by atoms with Crippen molar-refractivity contribution in [3.63, 3.8) is 0 Å². The lowest BCUT2D eigenvalue weighted by molar-refractivity contribution is 0.242. The highest BCUT2D eigenvalue weighted by Gasteiger charge is 2.42.